The normalized spacial score (nSPS) is 16.1. The Morgan fingerprint density at radius 3 is 2.52 bits per heavy atom. The lowest BCUT2D eigenvalue weighted by atomic mass is 10.2. The average molecular weight is 289 g/mol. The molecule has 0 atom stereocenters. The highest BCUT2D eigenvalue weighted by atomic mass is 16.2. The Kier molecular flexibility index (Phi) is 6.70. The smallest absolute Gasteiger partial charge is 0.236 e. The zero-order valence-electron chi connectivity index (χ0n) is 13.1. The molecule has 0 aromatic heterocycles. The first kappa shape index (κ1) is 16.0. The van der Waals surface area contributed by atoms with E-state index >= 15 is 0 Å². The van der Waals surface area contributed by atoms with E-state index in [-0.39, 0.29) is 5.91 Å². The van der Waals surface area contributed by atoms with Gasteiger partial charge in [0.15, 0.2) is 0 Å². The van der Waals surface area contributed by atoms with Crippen molar-refractivity contribution in [3.05, 3.63) is 35.9 Å². The van der Waals surface area contributed by atoms with Gasteiger partial charge in [-0.15, -0.1) is 0 Å². The fraction of sp³-hybridized carbons (Fsp3) is 0.588. The molecule has 1 saturated heterocycles. The van der Waals surface area contributed by atoms with Gasteiger partial charge in [0.2, 0.25) is 5.91 Å². The summed E-state index contributed by atoms with van der Waals surface area (Å²) in [6.45, 7) is 8.20. The molecule has 116 valence electrons. The number of rotatable bonds is 7. The number of carbonyl (C=O) groups is 1. The molecule has 1 aromatic rings. The Bertz CT molecular complexity index is 413. The van der Waals surface area contributed by atoms with Gasteiger partial charge in [0.1, 0.15) is 0 Å². The van der Waals surface area contributed by atoms with Crippen molar-refractivity contribution in [2.45, 2.75) is 26.3 Å². The summed E-state index contributed by atoms with van der Waals surface area (Å²) in [5.41, 5.74) is 1.35. The summed E-state index contributed by atoms with van der Waals surface area (Å²) < 4.78 is 0. The molecule has 0 aliphatic carbocycles. The molecular formula is C17H27N3O. The second-order valence-corrected chi connectivity index (χ2v) is 5.67. The standard InChI is InChI=1S/C17H27N3O/c1-2-3-9-18-14-17(21)20-12-10-19(11-13-20)15-16-7-5-4-6-8-16/h4-8,18H,2-3,9-15H2,1H3. The highest BCUT2D eigenvalue weighted by molar-refractivity contribution is 5.78. The summed E-state index contributed by atoms with van der Waals surface area (Å²) in [6, 6.07) is 10.5. The van der Waals surface area contributed by atoms with Crippen LogP contribution in [0.4, 0.5) is 0 Å². The number of hydrogen-bond acceptors (Lipinski definition) is 3. The van der Waals surface area contributed by atoms with Gasteiger partial charge in [-0.05, 0) is 18.5 Å². The Morgan fingerprint density at radius 2 is 1.86 bits per heavy atom. The summed E-state index contributed by atoms with van der Waals surface area (Å²) in [7, 11) is 0. The number of benzene rings is 1. The van der Waals surface area contributed by atoms with Crippen LogP contribution in [-0.2, 0) is 11.3 Å². The van der Waals surface area contributed by atoms with Crippen molar-refractivity contribution in [3.63, 3.8) is 0 Å². The van der Waals surface area contributed by atoms with Gasteiger partial charge in [-0.2, -0.15) is 0 Å². The molecule has 1 aliphatic rings. The predicted octanol–water partition coefficient (Wildman–Crippen LogP) is 1.72. The Balaban J connectivity index is 1.67. The molecule has 0 spiro atoms. The fourth-order valence-electron chi connectivity index (χ4n) is 2.61. The van der Waals surface area contributed by atoms with Gasteiger partial charge in [0, 0.05) is 32.7 Å². The molecular weight excluding hydrogens is 262 g/mol. The third-order valence-corrected chi connectivity index (χ3v) is 3.96. The van der Waals surface area contributed by atoms with Gasteiger partial charge >= 0.3 is 0 Å². The maximum Gasteiger partial charge on any atom is 0.236 e. The quantitative estimate of drug-likeness (QED) is 0.776. The predicted molar refractivity (Wildman–Crippen MR) is 86.1 cm³/mol. The number of hydrogen-bond donors (Lipinski definition) is 1. The van der Waals surface area contributed by atoms with E-state index in [2.05, 4.69) is 41.4 Å². The van der Waals surface area contributed by atoms with Crippen molar-refractivity contribution < 1.29 is 4.79 Å². The largest absolute Gasteiger partial charge is 0.339 e. The number of amides is 1. The lowest BCUT2D eigenvalue weighted by Crippen LogP contribution is -2.50. The van der Waals surface area contributed by atoms with Crippen LogP contribution in [0, 0.1) is 0 Å². The van der Waals surface area contributed by atoms with Gasteiger partial charge in [-0.3, -0.25) is 9.69 Å². The van der Waals surface area contributed by atoms with Crippen LogP contribution in [-0.4, -0.2) is 55.0 Å². The van der Waals surface area contributed by atoms with Gasteiger partial charge < -0.3 is 10.2 Å². The minimum atomic E-state index is 0.241. The molecule has 1 aliphatic heterocycles. The topological polar surface area (TPSA) is 35.6 Å². The number of carbonyl (C=O) groups excluding carboxylic acids is 1. The van der Waals surface area contributed by atoms with Crippen LogP contribution in [0.2, 0.25) is 0 Å². The van der Waals surface area contributed by atoms with E-state index in [9.17, 15) is 4.79 Å². The molecule has 21 heavy (non-hydrogen) atoms. The van der Waals surface area contributed by atoms with E-state index in [0.717, 1.165) is 45.7 Å². The van der Waals surface area contributed by atoms with Gasteiger partial charge in [0.05, 0.1) is 6.54 Å². The van der Waals surface area contributed by atoms with Crippen LogP contribution in [0.15, 0.2) is 30.3 Å². The summed E-state index contributed by atoms with van der Waals surface area (Å²) in [5.74, 6) is 0.241. The van der Waals surface area contributed by atoms with E-state index in [0.29, 0.717) is 6.54 Å². The van der Waals surface area contributed by atoms with Crippen LogP contribution in [0.1, 0.15) is 25.3 Å². The van der Waals surface area contributed by atoms with E-state index < -0.39 is 0 Å². The summed E-state index contributed by atoms with van der Waals surface area (Å²) >= 11 is 0. The van der Waals surface area contributed by atoms with Crippen LogP contribution in [0.3, 0.4) is 0 Å². The molecule has 4 heteroatoms. The first-order valence-corrected chi connectivity index (χ1v) is 8.04. The first-order valence-electron chi connectivity index (χ1n) is 8.04. The maximum absolute atomic E-state index is 12.1. The lowest BCUT2D eigenvalue weighted by Gasteiger charge is -2.34. The molecule has 0 saturated carbocycles. The third kappa shape index (κ3) is 5.48. The fourth-order valence-corrected chi connectivity index (χ4v) is 2.61. The van der Waals surface area contributed by atoms with Crippen molar-refractivity contribution in [2.75, 3.05) is 39.3 Å². The summed E-state index contributed by atoms with van der Waals surface area (Å²) in [6.07, 6.45) is 2.30. The molecule has 1 heterocycles. The first-order chi connectivity index (χ1) is 10.3. The van der Waals surface area contributed by atoms with E-state index in [1.807, 2.05) is 11.0 Å². The summed E-state index contributed by atoms with van der Waals surface area (Å²) in [5, 5.41) is 3.23. The molecule has 4 nitrogen and oxygen atoms in total. The third-order valence-electron chi connectivity index (χ3n) is 3.96. The van der Waals surface area contributed by atoms with Crippen molar-refractivity contribution in [2.24, 2.45) is 0 Å². The second-order valence-electron chi connectivity index (χ2n) is 5.67. The number of nitrogens with zero attached hydrogens (tertiary/aromatic N) is 2. The van der Waals surface area contributed by atoms with Crippen molar-refractivity contribution >= 4 is 5.91 Å². The zero-order chi connectivity index (χ0) is 14.9. The van der Waals surface area contributed by atoms with Crippen LogP contribution < -0.4 is 5.32 Å². The van der Waals surface area contributed by atoms with Crippen molar-refractivity contribution in [1.29, 1.82) is 0 Å². The van der Waals surface area contributed by atoms with E-state index in [1.54, 1.807) is 0 Å². The van der Waals surface area contributed by atoms with Crippen LogP contribution in [0.5, 0.6) is 0 Å². The number of piperazine rings is 1. The minimum absolute atomic E-state index is 0.241. The monoisotopic (exact) mass is 289 g/mol. The highest BCUT2D eigenvalue weighted by Crippen LogP contribution is 2.08. The minimum Gasteiger partial charge on any atom is -0.339 e. The number of unbranched alkanes of at least 4 members (excludes halogenated alkanes) is 1. The molecule has 1 aromatic carbocycles. The van der Waals surface area contributed by atoms with Crippen LogP contribution in [0.25, 0.3) is 0 Å². The SMILES string of the molecule is CCCCNCC(=O)N1CCN(Cc2ccccc2)CC1. The highest BCUT2D eigenvalue weighted by Gasteiger charge is 2.20. The Labute approximate surface area is 128 Å². The second kappa shape index (κ2) is 8.80. The van der Waals surface area contributed by atoms with Gasteiger partial charge in [0.25, 0.3) is 0 Å². The maximum atomic E-state index is 12.1. The van der Waals surface area contributed by atoms with Gasteiger partial charge in [-0.25, -0.2) is 0 Å². The average Bonchev–Trinajstić information content (AvgIpc) is 2.53. The molecule has 1 fully saturated rings. The molecule has 1 amide bonds. The molecule has 0 bridgehead atoms. The summed E-state index contributed by atoms with van der Waals surface area (Å²) in [4.78, 5) is 16.5. The Hall–Kier alpha value is -1.39. The Morgan fingerprint density at radius 1 is 1.14 bits per heavy atom. The van der Waals surface area contributed by atoms with Crippen LogP contribution >= 0.6 is 0 Å². The lowest BCUT2D eigenvalue weighted by molar-refractivity contribution is -0.132. The number of nitrogens with one attached hydrogen (secondary N) is 1. The van der Waals surface area contributed by atoms with Crippen molar-refractivity contribution in [3.8, 4) is 0 Å². The van der Waals surface area contributed by atoms with Crippen molar-refractivity contribution in [1.82, 2.24) is 15.1 Å². The molecule has 0 unspecified atom stereocenters. The molecule has 0 radical (unpaired) electrons. The molecule has 2 rings (SSSR count). The zero-order valence-corrected chi connectivity index (χ0v) is 13.1. The molecule has 1 N–H and O–H groups in total. The van der Waals surface area contributed by atoms with E-state index in [4.69, 9.17) is 0 Å². The van der Waals surface area contributed by atoms with E-state index in [1.165, 1.54) is 12.0 Å². The van der Waals surface area contributed by atoms with Gasteiger partial charge in [-0.1, -0.05) is 43.7 Å².